The molecule has 3 heterocycles. The van der Waals surface area contributed by atoms with Gasteiger partial charge in [0.15, 0.2) is 5.17 Å². The number of para-hydroxylation sites is 1. The number of carbonyl (C=O) groups excluding carboxylic acids is 3. The number of hydrogen-bond acceptors (Lipinski definition) is 7. The number of rotatable bonds is 10. The Morgan fingerprint density at radius 2 is 1.88 bits per heavy atom. The van der Waals surface area contributed by atoms with Crippen LogP contribution in [0.3, 0.4) is 0 Å². The number of aryl methyl sites for hydroxylation is 1. The lowest BCUT2D eigenvalue weighted by molar-refractivity contribution is -0.125. The van der Waals surface area contributed by atoms with E-state index in [1.54, 1.807) is 18.4 Å². The number of nitrogens with zero attached hydrogens (tertiary/aromatic N) is 3. The first-order valence-electron chi connectivity index (χ1n) is 13.4. The summed E-state index contributed by atoms with van der Waals surface area (Å²) in [5, 5.41) is 5.73. The predicted octanol–water partition coefficient (Wildman–Crippen LogP) is 5.05. The average Bonchev–Trinajstić information content (AvgIpc) is 3.62. The maximum atomic E-state index is 13.6. The van der Waals surface area contributed by atoms with Crippen LogP contribution >= 0.6 is 11.8 Å². The fraction of sp³-hybridized carbons (Fsp3) is 0.300. The second-order valence-electron chi connectivity index (χ2n) is 9.50. The molecule has 5 rings (SSSR count). The molecule has 2 N–H and O–H groups in total. The minimum absolute atomic E-state index is 0.139. The minimum atomic E-state index is -0.715. The van der Waals surface area contributed by atoms with Crippen LogP contribution in [0.25, 0.3) is 0 Å². The topological polar surface area (TPSA) is 116 Å². The molecule has 0 saturated heterocycles. The quantitative estimate of drug-likeness (QED) is 0.362. The standard InChI is InChI=1S/C30H31N5O4S/c1-3-19-11-13-20(14-12-19)32-28(37)25(4-2)40-30-34-23-10-6-5-9-22(23)27-33-24(29(38)35(27)30)15-16-26(36)31-18-21-8-7-17-39-21/h5-14,17,24-25H,3-4,15-16,18H2,1-2H3,(H,31,36)(H,32,37)/t24-,25+/m0/s1. The van der Waals surface area contributed by atoms with Crippen LogP contribution in [-0.2, 0) is 27.3 Å². The molecule has 3 amide bonds. The van der Waals surface area contributed by atoms with Crippen molar-refractivity contribution in [3.8, 4) is 0 Å². The molecular formula is C30H31N5O4S. The summed E-state index contributed by atoms with van der Waals surface area (Å²) in [5.74, 6) is 0.565. The first-order chi connectivity index (χ1) is 19.5. The Kier molecular flexibility index (Phi) is 8.45. The first-order valence-corrected chi connectivity index (χ1v) is 14.3. The molecule has 0 unspecified atom stereocenters. The Labute approximate surface area is 237 Å². The fourth-order valence-corrected chi connectivity index (χ4v) is 5.54. The molecule has 40 heavy (non-hydrogen) atoms. The van der Waals surface area contributed by atoms with Gasteiger partial charge in [0, 0.05) is 17.7 Å². The number of carbonyl (C=O) groups is 3. The van der Waals surface area contributed by atoms with Gasteiger partial charge in [-0.1, -0.05) is 49.9 Å². The largest absolute Gasteiger partial charge is 0.467 e. The van der Waals surface area contributed by atoms with Crippen molar-refractivity contribution < 1.29 is 18.8 Å². The molecule has 2 atom stereocenters. The highest BCUT2D eigenvalue weighted by Gasteiger charge is 2.42. The number of fused-ring (bicyclic) bond motifs is 3. The zero-order valence-corrected chi connectivity index (χ0v) is 23.2. The Morgan fingerprint density at radius 1 is 1.07 bits per heavy atom. The van der Waals surface area contributed by atoms with E-state index in [0.717, 1.165) is 17.7 Å². The van der Waals surface area contributed by atoms with Crippen molar-refractivity contribution in [2.24, 2.45) is 9.98 Å². The van der Waals surface area contributed by atoms with E-state index in [0.29, 0.717) is 28.9 Å². The fourth-order valence-electron chi connectivity index (χ4n) is 4.52. The van der Waals surface area contributed by atoms with E-state index in [9.17, 15) is 14.4 Å². The molecule has 0 bridgehead atoms. The third-order valence-electron chi connectivity index (χ3n) is 6.77. The summed E-state index contributed by atoms with van der Waals surface area (Å²) in [6.45, 7) is 4.30. The van der Waals surface area contributed by atoms with E-state index < -0.39 is 11.3 Å². The van der Waals surface area contributed by atoms with Gasteiger partial charge in [0.2, 0.25) is 11.8 Å². The monoisotopic (exact) mass is 557 g/mol. The summed E-state index contributed by atoms with van der Waals surface area (Å²) in [5.41, 5.74) is 3.36. The Morgan fingerprint density at radius 3 is 2.60 bits per heavy atom. The molecule has 206 valence electrons. The van der Waals surface area contributed by atoms with Crippen molar-refractivity contribution >= 4 is 51.9 Å². The highest BCUT2D eigenvalue weighted by atomic mass is 32.2. The molecule has 1 aromatic heterocycles. The van der Waals surface area contributed by atoms with Crippen LogP contribution in [0.4, 0.5) is 11.4 Å². The van der Waals surface area contributed by atoms with Gasteiger partial charge in [-0.15, -0.1) is 0 Å². The van der Waals surface area contributed by atoms with Crippen LogP contribution in [-0.4, -0.2) is 44.9 Å². The zero-order valence-electron chi connectivity index (χ0n) is 22.4. The SMILES string of the molecule is CCc1ccc(NC(=O)[C@@H](CC)SC2=Nc3ccccc3C3=N[C@@H](CCC(=O)NCc4ccco4)C(=O)N23)cc1. The van der Waals surface area contributed by atoms with Crippen LogP contribution in [0.15, 0.2) is 81.3 Å². The van der Waals surface area contributed by atoms with Crippen LogP contribution in [0.5, 0.6) is 0 Å². The molecule has 0 spiro atoms. The maximum Gasteiger partial charge on any atom is 0.259 e. The molecule has 10 heteroatoms. The molecule has 0 fully saturated rings. The van der Waals surface area contributed by atoms with Crippen LogP contribution in [0.1, 0.15) is 50.0 Å². The van der Waals surface area contributed by atoms with Gasteiger partial charge in [-0.2, -0.15) is 0 Å². The number of nitrogens with one attached hydrogen (secondary N) is 2. The van der Waals surface area contributed by atoms with Gasteiger partial charge in [-0.3, -0.25) is 19.4 Å². The van der Waals surface area contributed by atoms with Gasteiger partial charge in [-0.05, 0) is 61.2 Å². The maximum absolute atomic E-state index is 13.6. The van der Waals surface area contributed by atoms with Crippen LogP contribution < -0.4 is 10.6 Å². The summed E-state index contributed by atoms with van der Waals surface area (Å²) >= 11 is 1.25. The van der Waals surface area contributed by atoms with E-state index in [4.69, 9.17) is 14.4 Å². The van der Waals surface area contributed by atoms with Gasteiger partial charge in [0.1, 0.15) is 17.6 Å². The Bertz CT molecular complexity index is 1450. The highest BCUT2D eigenvalue weighted by molar-refractivity contribution is 8.15. The first kappa shape index (κ1) is 27.4. The number of benzene rings is 2. The number of furan rings is 1. The lowest BCUT2D eigenvalue weighted by Crippen LogP contribution is -2.42. The number of amides is 3. The van der Waals surface area contributed by atoms with E-state index >= 15 is 0 Å². The summed E-state index contributed by atoms with van der Waals surface area (Å²) in [6.07, 6.45) is 3.41. The van der Waals surface area contributed by atoms with Crippen molar-refractivity contribution in [1.82, 2.24) is 10.2 Å². The van der Waals surface area contributed by atoms with Crippen molar-refractivity contribution in [2.45, 2.75) is 57.4 Å². The second kappa shape index (κ2) is 12.3. The van der Waals surface area contributed by atoms with Crippen molar-refractivity contribution in [1.29, 1.82) is 0 Å². The van der Waals surface area contributed by atoms with Crippen molar-refractivity contribution in [3.63, 3.8) is 0 Å². The van der Waals surface area contributed by atoms with Gasteiger partial charge in [-0.25, -0.2) is 9.89 Å². The van der Waals surface area contributed by atoms with Gasteiger partial charge >= 0.3 is 0 Å². The summed E-state index contributed by atoms with van der Waals surface area (Å²) in [4.78, 5) is 50.2. The molecule has 2 aromatic carbocycles. The van der Waals surface area contributed by atoms with E-state index in [2.05, 4.69) is 17.6 Å². The molecule has 9 nitrogen and oxygen atoms in total. The second-order valence-corrected chi connectivity index (χ2v) is 10.7. The van der Waals surface area contributed by atoms with Crippen molar-refractivity contribution in [3.05, 3.63) is 83.8 Å². The normalized spacial score (nSPS) is 16.5. The van der Waals surface area contributed by atoms with Gasteiger partial charge < -0.3 is 15.1 Å². The third-order valence-corrected chi connectivity index (χ3v) is 8.09. The number of anilines is 1. The molecule has 0 saturated carbocycles. The highest BCUT2D eigenvalue weighted by Crippen LogP contribution is 2.36. The smallest absolute Gasteiger partial charge is 0.259 e. The third kappa shape index (κ3) is 6.02. The van der Waals surface area contributed by atoms with Crippen molar-refractivity contribution in [2.75, 3.05) is 5.32 Å². The molecule has 0 radical (unpaired) electrons. The Hall–Kier alpha value is -4.18. The lowest BCUT2D eigenvalue weighted by Gasteiger charge is -2.27. The minimum Gasteiger partial charge on any atom is -0.467 e. The van der Waals surface area contributed by atoms with E-state index in [1.165, 1.54) is 22.2 Å². The average molecular weight is 558 g/mol. The van der Waals surface area contributed by atoms with Crippen LogP contribution in [0, 0.1) is 0 Å². The Balaban J connectivity index is 1.29. The number of amidine groups is 2. The van der Waals surface area contributed by atoms with Crippen LogP contribution in [0.2, 0.25) is 0 Å². The lowest BCUT2D eigenvalue weighted by atomic mass is 10.1. The van der Waals surface area contributed by atoms with E-state index in [-0.39, 0.29) is 37.1 Å². The molecular weight excluding hydrogens is 526 g/mol. The molecule has 2 aliphatic heterocycles. The zero-order chi connectivity index (χ0) is 28.1. The summed E-state index contributed by atoms with van der Waals surface area (Å²) in [6, 6.07) is 18.1. The van der Waals surface area contributed by atoms with Gasteiger partial charge in [0.25, 0.3) is 5.91 Å². The summed E-state index contributed by atoms with van der Waals surface area (Å²) in [7, 11) is 0. The predicted molar refractivity (Wildman–Crippen MR) is 157 cm³/mol. The molecule has 0 aliphatic carbocycles. The number of hydrogen-bond donors (Lipinski definition) is 2. The summed E-state index contributed by atoms with van der Waals surface area (Å²) < 4.78 is 5.25. The van der Waals surface area contributed by atoms with E-state index in [1.807, 2.05) is 55.5 Å². The number of thioether (sulfide) groups is 1. The van der Waals surface area contributed by atoms with Gasteiger partial charge in [0.05, 0.1) is 23.7 Å². The molecule has 2 aliphatic rings. The molecule has 3 aromatic rings. The number of aliphatic imine (C=N–C) groups is 2.